The molecule has 78 valence electrons. The van der Waals surface area contributed by atoms with Crippen LogP contribution in [0.25, 0.3) is 0 Å². The summed E-state index contributed by atoms with van der Waals surface area (Å²) in [7, 11) is 0. The first kappa shape index (κ1) is 11.2. The Morgan fingerprint density at radius 3 is 2.71 bits per heavy atom. The predicted octanol–water partition coefficient (Wildman–Crippen LogP) is 3.37. The third kappa shape index (κ3) is 2.83. The molecule has 0 fully saturated rings. The Morgan fingerprint density at radius 2 is 2.14 bits per heavy atom. The zero-order valence-electron chi connectivity index (χ0n) is 9.58. The second kappa shape index (κ2) is 4.59. The van der Waals surface area contributed by atoms with Crippen molar-refractivity contribution in [3.63, 3.8) is 0 Å². The largest absolute Gasteiger partial charge is 0.295 e. The summed E-state index contributed by atoms with van der Waals surface area (Å²) in [5.41, 5.74) is 1.45. The second-order valence-electron chi connectivity index (χ2n) is 4.57. The van der Waals surface area contributed by atoms with Gasteiger partial charge >= 0.3 is 0 Å². The summed E-state index contributed by atoms with van der Waals surface area (Å²) in [6.45, 7) is 8.30. The first-order valence-corrected chi connectivity index (χ1v) is 5.36. The fraction of sp³-hybridized carbons (Fsp3) is 0.615. The number of hydrogen-bond donors (Lipinski definition) is 0. The van der Waals surface area contributed by atoms with Gasteiger partial charge in [0.25, 0.3) is 0 Å². The number of carbonyl (C=O) groups excluding carboxylic acids is 1. The van der Waals surface area contributed by atoms with Crippen molar-refractivity contribution in [2.75, 3.05) is 0 Å². The lowest BCUT2D eigenvalue weighted by Gasteiger charge is -2.30. The Kier molecular flexibility index (Phi) is 3.68. The van der Waals surface area contributed by atoms with Gasteiger partial charge in [-0.2, -0.15) is 0 Å². The predicted molar refractivity (Wildman–Crippen MR) is 60.0 cm³/mol. The van der Waals surface area contributed by atoms with E-state index in [4.69, 9.17) is 0 Å². The highest BCUT2D eigenvalue weighted by atomic mass is 16.1. The van der Waals surface area contributed by atoms with Crippen LogP contribution in [0.15, 0.2) is 23.8 Å². The number of ketones is 1. The van der Waals surface area contributed by atoms with E-state index in [1.165, 1.54) is 5.57 Å². The molecule has 0 radical (unpaired) electrons. The van der Waals surface area contributed by atoms with Gasteiger partial charge in [0, 0.05) is 0 Å². The van der Waals surface area contributed by atoms with Gasteiger partial charge < -0.3 is 0 Å². The van der Waals surface area contributed by atoms with E-state index >= 15 is 0 Å². The van der Waals surface area contributed by atoms with E-state index in [1.807, 2.05) is 0 Å². The molecule has 1 aliphatic rings. The summed E-state index contributed by atoms with van der Waals surface area (Å²) in [4.78, 5) is 10.9. The molecule has 1 nitrogen and oxygen atoms in total. The number of carbonyl (C=O) groups is 1. The van der Waals surface area contributed by atoms with Gasteiger partial charge in [0.05, 0.1) is 0 Å². The summed E-state index contributed by atoms with van der Waals surface area (Å²) in [5.74, 6) is 1.97. The van der Waals surface area contributed by atoms with Crippen molar-refractivity contribution in [3.8, 4) is 0 Å². The van der Waals surface area contributed by atoms with Crippen LogP contribution >= 0.6 is 0 Å². The van der Waals surface area contributed by atoms with E-state index < -0.39 is 0 Å². The molecule has 0 N–H and O–H groups in total. The Balaban J connectivity index is 2.71. The molecule has 1 aliphatic carbocycles. The first-order valence-electron chi connectivity index (χ1n) is 5.36. The van der Waals surface area contributed by atoms with Gasteiger partial charge in [-0.3, -0.25) is 4.79 Å². The average Bonchev–Trinajstić information content (AvgIpc) is 2.08. The van der Waals surface area contributed by atoms with Crippen LogP contribution in [0, 0.1) is 17.8 Å². The molecular formula is C13H20O. The van der Waals surface area contributed by atoms with Crippen LogP contribution in [0.1, 0.15) is 34.1 Å². The lowest BCUT2D eigenvalue weighted by molar-refractivity contribution is -0.112. The summed E-state index contributed by atoms with van der Waals surface area (Å²) < 4.78 is 0. The molecule has 0 aromatic heterocycles. The molecule has 0 saturated carbocycles. The van der Waals surface area contributed by atoms with Gasteiger partial charge in [-0.05, 0) is 44.1 Å². The van der Waals surface area contributed by atoms with E-state index in [2.05, 4.69) is 32.9 Å². The lowest BCUT2D eigenvalue weighted by Crippen LogP contribution is -2.21. The van der Waals surface area contributed by atoms with Crippen molar-refractivity contribution in [2.24, 2.45) is 17.8 Å². The highest BCUT2D eigenvalue weighted by Crippen LogP contribution is 2.34. The standard InChI is InChI=1S/C13H20O/c1-9-7-10(2)12(4)13(8-9)6-5-11(3)14/h5-7,10,12-13H,8H2,1-4H3. The monoisotopic (exact) mass is 192 g/mol. The van der Waals surface area contributed by atoms with Crippen LogP contribution in [0.5, 0.6) is 0 Å². The second-order valence-corrected chi connectivity index (χ2v) is 4.57. The van der Waals surface area contributed by atoms with Crippen LogP contribution in [-0.2, 0) is 4.79 Å². The van der Waals surface area contributed by atoms with Gasteiger partial charge in [0.1, 0.15) is 0 Å². The maximum atomic E-state index is 10.9. The molecule has 14 heavy (non-hydrogen) atoms. The Morgan fingerprint density at radius 1 is 1.50 bits per heavy atom. The molecule has 0 aliphatic heterocycles. The lowest BCUT2D eigenvalue weighted by atomic mass is 9.75. The van der Waals surface area contributed by atoms with Gasteiger partial charge in [-0.15, -0.1) is 0 Å². The maximum absolute atomic E-state index is 10.9. The molecule has 0 aromatic rings. The molecule has 0 saturated heterocycles. The molecule has 3 unspecified atom stereocenters. The molecule has 0 spiro atoms. The van der Waals surface area contributed by atoms with E-state index in [-0.39, 0.29) is 5.78 Å². The van der Waals surface area contributed by atoms with Crippen molar-refractivity contribution in [1.29, 1.82) is 0 Å². The van der Waals surface area contributed by atoms with Crippen molar-refractivity contribution >= 4 is 5.78 Å². The molecule has 0 bridgehead atoms. The maximum Gasteiger partial charge on any atom is 0.152 e. The molecule has 1 rings (SSSR count). The zero-order valence-corrected chi connectivity index (χ0v) is 9.58. The third-order valence-electron chi connectivity index (χ3n) is 3.19. The fourth-order valence-electron chi connectivity index (χ4n) is 2.12. The number of hydrogen-bond acceptors (Lipinski definition) is 1. The minimum Gasteiger partial charge on any atom is -0.295 e. The van der Waals surface area contributed by atoms with Crippen LogP contribution in [-0.4, -0.2) is 5.78 Å². The van der Waals surface area contributed by atoms with Gasteiger partial charge in [0.15, 0.2) is 5.78 Å². The zero-order chi connectivity index (χ0) is 10.7. The Bertz CT molecular complexity index is 273. The van der Waals surface area contributed by atoms with Crippen LogP contribution in [0.4, 0.5) is 0 Å². The highest BCUT2D eigenvalue weighted by Gasteiger charge is 2.23. The number of allylic oxidation sites excluding steroid dienone is 4. The molecule has 0 aromatic carbocycles. The van der Waals surface area contributed by atoms with Gasteiger partial charge in [-0.25, -0.2) is 0 Å². The third-order valence-corrected chi connectivity index (χ3v) is 3.19. The van der Waals surface area contributed by atoms with Crippen LogP contribution in [0.2, 0.25) is 0 Å². The molecule has 1 heteroatoms. The summed E-state index contributed by atoms with van der Waals surface area (Å²) in [6, 6.07) is 0. The summed E-state index contributed by atoms with van der Waals surface area (Å²) >= 11 is 0. The normalized spacial score (nSPS) is 33.1. The van der Waals surface area contributed by atoms with Crippen LogP contribution < -0.4 is 0 Å². The Hall–Kier alpha value is -0.850. The van der Waals surface area contributed by atoms with Gasteiger partial charge in [0.2, 0.25) is 0 Å². The SMILES string of the molecule is CC(=O)C=CC1CC(C)=CC(C)C1C. The van der Waals surface area contributed by atoms with Crippen molar-refractivity contribution in [1.82, 2.24) is 0 Å². The summed E-state index contributed by atoms with van der Waals surface area (Å²) in [5, 5.41) is 0. The molecule has 0 amide bonds. The quantitative estimate of drug-likeness (QED) is 0.484. The molecule has 0 heterocycles. The minimum atomic E-state index is 0.150. The van der Waals surface area contributed by atoms with Crippen molar-refractivity contribution < 1.29 is 4.79 Å². The van der Waals surface area contributed by atoms with Gasteiger partial charge in [-0.1, -0.05) is 31.6 Å². The summed E-state index contributed by atoms with van der Waals surface area (Å²) in [6.07, 6.45) is 7.25. The minimum absolute atomic E-state index is 0.150. The van der Waals surface area contributed by atoms with E-state index in [9.17, 15) is 4.79 Å². The topological polar surface area (TPSA) is 17.1 Å². The first-order chi connectivity index (χ1) is 6.50. The van der Waals surface area contributed by atoms with E-state index in [1.54, 1.807) is 13.0 Å². The van der Waals surface area contributed by atoms with E-state index in [0.29, 0.717) is 17.8 Å². The highest BCUT2D eigenvalue weighted by molar-refractivity contribution is 5.87. The van der Waals surface area contributed by atoms with Crippen LogP contribution in [0.3, 0.4) is 0 Å². The molecule has 3 atom stereocenters. The Labute approximate surface area is 86.9 Å². The smallest absolute Gasteiger partial charge is 0.152 e. The fourth-order valence-corrected chi connectivity index (χ4v) is 2.12. The van der Waals surface area contributed by atoms with Crippen molar-refractivity contribution in [3.05, 3.63) is 23.8 Å². The average molecular weight is 192 g/mol. The van der Waals surface area contributed by atoms with Crippen molar-refractivity contribution in [2.45, 2.75) is 34.1 Å². The van der Waals surface area contributed by atoms with E-state index in [0.717, 1.165) is 6.42 Å². The molecular weight excluding hydrogens is 172 g/mol. The number of rotatable bonds is 2.